The number of hydrogen-bond acceptors (Lipinski definition) is 2. The van der Waals surface area contributed by atoms with Crippen LogP contribution in [0.2, 0.25) is 0 Å². The van der Waals surface area contributed by atoms with E-state index < -0.39 is 11.6 Å². The highest BCUT2D eigenvalue weighted by molar-refractivity contribution is 5.80. The van der Waals surface area contributed by atoms with Crippen molar-refractivity contribution >= 4 is 5.78 Å². The lowest BCUT2D eigenvalue weighted by Gasteiger charge is -2.19. The van der Waals surface area contributed by atoms with E-state index in [1.165, 1.54) is 12.1 Å². The Morgan fingerprint density at radius 2 is 1.75 bits per heavy atom. The standard InChI is InChI=1S/C16H23F2NO/c1-11(2)13(5-6-19)3-4-16(20)9-12-7-14(17)10-15(18)8-12/h7-8,10-11,13H,3-6,9,19H2,1-2H3. The van der Waals surface area contributed by atoms with E-state index in [2.05, 4.69) is 13.8 Å². The molecule has 0 aliphatic carbocycles. The Bertz CT molecular complexity index is 426. The Labute approximate surface area is 119 Å². The van der Waals surface area contributed by atoms with Crippen LogP contribution in [0.4, 0.5) is 8.78 Å². The highest BCUT2D eigenvalue weighted by atomic mass is 19.1. The van der Waals surface area contributed by atoms with Gasteiger partial charge in [0.25, 0.3) is 0 Å². The Hall–Kier alpha value is -1.29. The molecular weight excluding hydrogens is 260 g/mol. The number of carbonyl (C=O) groups excluding carboxylic acids is 1. The molecule has 2 N–H and O–H groups in total. The van der Waals surface area contributed by atoms with Crippen molar-refractivity contribution in [2.45, 2.75) is 39.5 Å². The van der Waals surface area contributed by atoms with E-state index in [4.69, 9.17) is 5.73 Å². The van der Waals surface area contributed by atoms with Crippen molar-refractivity contribution in [3.63, 3.8) is 0 Å². The molecule has 1 aromatic carbocycles. The molecule has 0 saturated heterocycles. The van der Waals surface area contributed by atoms with Gasteiger partial charge in [-0.1, -0.05) is 13.8 Å². The largest absolute Gasteiger partial charge is 0.330 e. The van der Waals surface area contributed by atoms with Crippen molar-refractivity contribution in [3.05, 3.63) is 35.4 Å². The summed E-state index contributed by atoms with van der Waals surface area (Å²) in [6, 6.07) is 3.23. The van der Waals surface area contributed by atoms with Gasteiger partial charge in [0, 0.05) is 18.9 Å². The van der Waals surface area contributed by atoms with Crippen LogP contribution in [-0.2, 0) is 11.2 Å². The number of ketones is 1. The molecule has 0 spiro atoms. The van der Waals surface area contributed by atoms with E-state index in [0.29, 0.717) is 30.4 Å². The molecule has 0 saturated carbocycles. The summed E-state index contributed by atoms with van der Waals surface area (Å²) in [5.41, 5.74) is 5.96. The molecule has 112 valence electrons. The summed E-state index contributed by atoms with van der Waals surface area (Å²) in [7, 11) is 0. The maximum atomic E-state index is 13.0. The van der Waals surface area contributed by atoms with Crippen molar-refractivity contribution in [2.75, 3.05) is 6.54 Å². The fraction of sp³-hybridized carbons (Fsp3) is 0.562. The first-order valence-electron chi connectivity index (χ1n) is 7.09. The molecule has 0 amide bonds. The second-order valence-electron chi connectivity index (χ2n) is 5.61. The predicted molar refractivity (Wildman–Crippen MR) is 76.3 cm³/mol. The number of halogens is 2. The number of nitrogens with two attached hydrogens (primary N) is 1. The molecular formula is C16H23F2NO. The van der Waals surface area contributed by atoms with Gasteiger partial charge in [-0.25, -0.2) is 8.78 Å². The van der Waals surface area contributed by atoms with Crippen molar-refractivity contribution in [3.8, 4) is 0 Å². The zero-order chi connectivity index (χ0) is 15.1. The quantitative estimate of drug-likeness (QED) is 0.793. The summed E-state index contributed by atoms with van der Waals surface area (Å²) in [5, 5.41) is 0. The molecule has 2 nitrogen and oxygen atoms in total. The van der Waals surface area contributed by atoms with E-state index in [1.54, 1.807) is 0 Å². The molecule has 4 heteroatoms. The molecule has 20 heavy (non-hydrogen) atoms. The molecule has 1 rings (SSSR count). The van der Waals surface area contributed by atoms with E-state index in [0.717, 1.165) is 18.9 Å². The summed E-state index contributed by atoms with van der Waals surface area (Å²) in [5.74, 6) is -0.365. The van der Waals surface area contributed by atoms with Gasteiger partial charge in [0.2, 0.25) is 0 Å². The Morgan fingerprint density at radius 1 is 1.15 bits per heavy atom. The molecule has 0 radical (unpaired) electrons. The minimum absolute atomic E-state index is 0.0117. The highest BCUT2D eigenvalue weighted by Gasteiger charge is 2.15. The van der Waals surface area contributed by atoms with Gasteiger partial charge in [0.05, 0.1) is 0 Å². The first kappa shape index (κ1) is 16.8. The lowest BCUT2D eigenvalue weighted by molar-refractivity contribution is -0.118. The SMILES string of the molecule is CC(C)C(CCN)CCC(=O)Cc1cc(F)cc(F)c1. The lowest BCUT2D eigenvalue weighted by atomic mass is 9.87. The fourth-order valence-electron chi connectivity index (χ4n) is 2.40. The minimum Gasteiger partial charge on any atom is -0.330 e. The summed E-state index contributed by atoms with van der Waals surface area (Å²) in [6.45, 7) is 4.85. The first-order chi connectivity index (χ1) is 9.42. The Balaban J connectivity index is 2.50. The molecule has 1 atom stereocenters. The number of rotatable bonds is 8. The average Bonchev–Trinajstić information content (AvgIpc) is 2.32. The molecule has 0 fully saturated rings. The number of benzene rings is 1. The zero-order valence-corrected chi connectivity index (χ0v) is 12.2. The van der Waals surface area contributed by atoms with E-state index in [1.807, 2.05) is 0 Å². The summed E-state index contributed by atoms with van der Waals surface area (Å²) < 4.78 is 26.1. The van der Waals surface area contributed by atoms with Gasteiger partial charge in [0.15, 0.2) is 0 Å². The van der Waals surface area contributed by atoms with Gasteiger partial charge in [-0.15, -0.1) is 0 Å². The topological polar surface area (TPSA) is 43.1 Å². The Morgan fingerprint density at radius 3 is 2.25 bits per heavy atom. The average molecular weight is 283 g/mol. The summed E-state index contributed by atoms with van der Waals surface area (Å²) in [4.78, 5) is 11.9. The third-order valence-electron chi connectivity index (χ3n) is 3.60. The second-order valence-corrected chi connectivity index (χ2v) is 5.61. The molecule has 1 aromatic rings. The molecule has 1 unspecified atom stereocenters. The van der Waals surface area contributed by atoms with Gasteiger partial charge in [-0.05, 0) is 48.9 Å². The van der Waals surface area contributed by atoms with Crippen molar-refractivity contribution in [2.24, 2.45) is 17.6 Å². The maximum absolute atomic E-state index is 13.0. The molecule has 0 heterocycles. The van der Waals surface area contributed by atoms with E-state index >= 15 is 0 Å². The van der Waals surface area contributed by atoms with E-state index in [-0.39, 0.29) is 12.2 Å². The van der Waals surface area contributed by atoms with Crippen LogP contribution in [0.15, 0.2) is 18.2 Å². The predicted octanol–water partition coefficient (Wildman–Crippen LogP) is 3.48. The number of carbonyl (C=O) groups is 1. The maximum Gasteiger partial charge on any atom is 0.137 e. The minimum atomic E-state index is -0.643. The molecule has 0 aliphatic rings. The number of Topliss-reactive ketones (excluding diaryl/α,β-unsaturated/α-hetero) is 1. The third kappa shape index (κ3) is 5.78. The smallest absolute Gasteiger partial charge is 0.137 e. The van der Waals surface area contributed by atoms with Gasteiger partial charge in [-0.2, -0.15) is 0 Å². The van der Waals surface area contributed by atoms with Gasteiger partial charge >= 0.3 is 0 Å². The van der Waals surface area contributed by atoms with Crippen LogP contribution in [0.1, 0.15) is 38.7 Å². The van der Waals surface area contributed by atoms with Crippen molar-refractivity contribution < 1.29 is 13.6 Å². The van der Waals surface area contributed by atoms with Gasteiger partial charge in [0.1, 0.15) is 17.4 Å². The van der Waals surface area contributed by atoms with Crippen LogP contribution in [0.3, 0.4) is 0 Å². The normalized spacial score (nSPS) is 12.7. The van der Waals surface area contributed by atoms with Crippen molar-refractivity contribution in [1.29, 1.82) is 0 Å². The molecule has 0 aliphatic heterocycles. The third-order valence-corrected chi connectivity index (χ3v) is 3.60. The Kier molecular flexibility index (Phi) is 6.79. The van der Waals surface area contributed by atoms with Crippen molar-refractivity contribution in [1.82, 2.24) is 0 Å². The van der Waals surface area contributed by atoms with Crippen LogP contribution in [-0.4, -0.2) is 12.3 Å². The van der Waals surface area contributed by atoms with Crippen LogP contribution < -0.4 is 5.73 Å². The molecule has 0 aromatic heterocycles. The summed E-state index contributed by atoms with van der Waals surface area (Å²) >= 11 is 0. The fourth-order valence-corrected chi connectivity index (χ4v) is 2.40. The monoisotopic (exact) mass is 283 g/mol. The summed E-state index contributed by atoms with van der Waals surface area (Å²) in [6.07, 6.45) is 2.20. The number of hydrogen-bond donors (Lipinski definition) is 1. The van der Waals surface area contributed by atoms with Crippen LogP contribution >= 0.6 is 0 Å². The van der Waals surface area contributed by atoms with Crippen LogP contribution in [0.25, 0.3) is 0 Å². The van der Waals surface area contributed by atoms with Crippen LogP contribution in [0, 0.1) is 23.5 Å². The van der Waals surface area contributed by atoms with Crippen LogP contribution in [0.5, 0.6) is 0 Å². The van der Waals surface area contributed by atoms with Gasteiger partial charge in [-0.3, -0.25) is 4.79 Å². The highest BCUT2D eigenvalue weighted by Crippen LogP contribution is 2.21. The molecule has 0 bridgehead atoms. The first-order valence-corrected chi connectivity index (χ1v) is 7.09. The second kappa shape index (κ2) is 8.10. The van der Waals surface area contributed by atoms with E-state index in [9.17, 15) is 13.6 Å². The lowest BCUT2D eigenvalue weighted by Crippen LogP contribution is -2.16. The van der Waals surface area contributed by atoms with Gasteiger partial charge < -0.3 is 5.73 Å². The zero-order valence-electron chi connectivity index (χ0n) is 12.2.